The third kappa shape index (κ3) is 2.79. The minimum absolute atomic E-state index is 1.34. The van der Waals surface area contributed by atoms with Gasteiger partial charge in [-0.25, -0.2) is 5.48 Å². The SMILES string of the molecule is CNO.Cc1csc2c1CCCC2. The average Bonchev–Trinajstić information content (AvgIpc) is 2.50. The first kappa shape index (κ1) is 10.7. The summed E-state index contributed by atoms with van der Waals surface area (Å²) in [6, 6.07) is 0. The second-order valence-corrected chi connectivity index (χ2v) is 4.22. The van der Waals surface area contributed by atoms with Crippen molar-refractivity contribution in [3.05, 3.63) is 21.4 Å². The van der Waals surface area contributed by atoms with E-state index in [-0.39, 0.29) is 0 Å². The number of hydrogen-bond donors (Lipinski definition) is 2. The third-order valence-corrected chi connectivity index (χ3v) is 3.48. The van der Waals surface area contributed by atoms with Gasteiger partial charge in [0.15, 0.2) is 0 Å². The number of fused-ring (bicyclic) bond motifs is 1. The summed E-state index contributed by atoms with van der Waals surface area (Å²) in [6.45, 7) is 2.24. The fourth-order valence-corrected chi connectivity index (χ4v) is 2.78. The Bertz CT molecular complexity index is 257. The maximum Gasteiger partial charge on any atom is 0.00929 e. The van der Waals surface area contributed by atoms with Gasteiger partial charge in [0.05, 0.1) is 0 Å². The van der Waals surface area contributed by atoms with Gasteiger partial charge in [0, 0.05) is 11.9 Å². The van der Waals surface area contributed by atoms with E-state index in [1.807, 2.05) is 11.3 Å². The van der Waals surface area contributed by atoms with E-state index in [1.54, 1.807) is 15.9 Å². The van der Waals surface area contributed by atoms with Crippen molar-refractivity contribution in [2.45, 2.75) is 32.6 Å². The Kier molecular flexibility index (Phi) is 4.42. The van der Waals surface area contributed by atoms with Crippen LogP contribution in [0.2, 0.25) is 0 Å². The van der Waals surface area contributed by atoms with Crippen molar-refractivity contribution < 1.29 is 5.21 Å². The maximum absolute atomic E-state index is 7.32. The number of hydroxylamine groups is 1. The zero-order chi connectivity index (χ0) is 9.68. The van der Waals surface area contributed by atoms with Gasteiger partial charge in [-0.15, -0.1) is 11.3 Å². The van der Waals surface area contributed by atoms with Gasteiger partial charge in [0.1, 0.15) is 0 Å². The molecule has 0 unspecified atom stereocenters. The van der Waals surface area contributed by atoms with E-state index in [2.05, 4.69) is 12.3 Å². The molecule has 0 saturated carbocycles. The molecule has 0 radical (unpaired) electrons. The van der Waals surface area contributed by atoms with E-state index in [0.717, 1.165) is 0 Å². The van der Waals surface area contributed by atoms with Crippen molar-refractivity contribution in [1.29, 1.82) is 0 Å². The molecular weight excluding hydrogens is 182 g/mol. The molecule has 0 aromatic carbocycles. The Balaban J connectivity index is 0.000000251. The largest absolute Gasteiger partial charge is 0.317 e. The molecule has 2 nitrogen and oxygen atoms in total. The van der Waals surface area contributed by atoms with Crippen LogP contribution in [0, 0.1) is 6.92 Å². The van der Waals surface area contributed by atoms with E-state index in [4.69, 9.17) is 5.21 Å². The van der Waals surface area contributed by atoms with Crippen LogP contribution < -0.4 is 5.48 Å². The quantitative estimate of drug-likeness (QED) is 0.629. The van der Waals surface area contributed by atoms with E-state index >= 15 is 0 Å². The maximum atomic E-state index is 7.32. The van der Waals surface area contributed by atoms with Crippen LogP contribution in [0.4, 0.5) is 0 Å². The summed E-state index contributed by atoms with van der Waals surface area (Å²) in [5.41, 5.74) is 4.94. The molecule has 1 aromatic heterocycles. The van der Waals surface area contributed by atoms with Crippen LogP contribution in [-0.4, -0.2) is 12.3 Å². The van der Waals surface area contributed by atoms with Crippen molar-refractivity contribution in [3.8, 4) is 0 Å². The number of thiophene rings is 1. The zero-order valence-electron chi connectivity index (χ0n) is 8.26. The van der Waals surface area contributed by atoms with Crippen molar-refractivity contribution in [2.75, 3.05) is 7.05 Å². The molecule has 0 spiro atoms. The smallest absolute Gasteiger partial charge is 0.00929 e. The van der Waals surface area contributed by atoms with Gasteiger partial charge < -0.3 is 5.21 Å². The fraction of sp³-hybridized carbons (Fsp3) is 0.600. The molecule has 13 heavy (non-hydrogen) atoms. The lowest BCUT2D eigenvalue weighted by Gasteiger charge is -2.10. The highest BCUT2D eigenvalue weighted by atomic mass is 32.1. The van der Waals surface area contributed by atoms with Gasteiger partial charge >= 0.3 is 0 Å². The molecule has 2 N–H and O–H groups in total. The summed E-state index contributed by atoms with van der Waals surface area (Å²) in [5.74, 6) is 0. The minimum Gasteiger partial charge on any atom is -0.317 e. The summed E-state index contributed by atoms with van der Waals surface area (Å²) >= 11 is 1.95. The first-order chi connectivity index (χ1) is 6.29. The van der Waals surface area contributed by atoms with E-state index in [9.17, 15) is 0 Å². The Morgan fingerprint density at radius 1 is 1.38 bits per heavy atom. The summed E-state index contributed by atoms with van der Waals surface area (Å²) in [6.07, 6.45) is 5.50. The predicted molar refractivity (Wildman–Crippen MR) is 56.5 cm³/mol. The molecule has 0 fully saturated rings. The Morgan fingerprint density at radius 3 is 2.62 bits per heavy atom. The van der Waals surface area contributed by atoms with Crippen molar-refractivity contribution >= 4 is 11.3 Å². The second kappa shape index (κ2) is 5.37. The van der Waals surface area contributed by atoms with Gasteiger partial charge in [-0.2, -0.15) is 0 Å². The van der Waals surface area contributed by atoms with Crippen molar-refractivity contribution in [2.24, 2.45) is 0 Å². The monoisotopic (exact) mass is 199 g/mol. The molecule has 2 rings (SSSR count). The number of nitrogens with one attached hydrogen (secondary N) is 1. The molecule has 1 aliphatic rings. The molecule has 3 heteroatoms. The molecule has 0 saturated heterocycles. The number of aryl methyl sites for hydroxylation is 2. The van der Waals surface area contributed by atoms with Crippen LogP contribution in [0.25, 0.3) is 0 Å². The van der Waals surface area contributed by atoms with Gasteiger partial charge in [-0.05, 0) is 49.1 Å². The molecular formula is C10H17NOS. The van der Waals surface area contributed by atoms with Gasteiger partial charge in [-0.1, -0.05) is 0 Å². The Morgan fingerprint density at radius 2 is 2.00 bits per heavy atom. The molecule has 0 bridgehead atoms. The molecule has 1 heterocycles. The second-order valence-electron chi connectivity index (χ2n) is 3.25. The van der Waals surface area contributed by atoms with Crippen LogP contribution in [-0.2, 0) is 12.8 Å². The molecule has 1 aliphatic carbocycles. The highest BCUT2D eigenvalue weighted by Crippen LogP contribution is 2.29. The summed E-state index contributed by atoms with van der Waals surface area (Å²) in [7, 11) is 1.43. The molecule has 0 amide bonds. The van der Waals surface area contributed by atoms with Crippen LogP contribution in [0.1, 0.15) is 28.8 Å². The number of hydrogen-bond acceptors (Lipinski definition) is 3. The van der Waals surface area contributed by atoms with Crippen LogP contribution in [0.15, 0.2) is 5.38 Å². The normalized spacial score (nSPS) is 14.4. The lowest BCUT2D eigenvalue weighted by molar-refractivity contribution is 0.194. The molecule has 1 aromatic rings. The van der Waals surface area contributed by atoms with Crippen LogP contribution >= 0.6 is 11.3 Å². The lowest BCUT2D eigenvalue weighted by Crippen LogP contribution is -1.98. The summed E-state index contributed by atoms with van der Waals surface area (Å²) in [5, 5.41) is 9.62. The van der Waals surface area contributed by atoms with E-state index in [1.165, 1.54) is 38.3 Å². The third-order valence-electron chi connectivity index (χ3n) is 2.27. The Hall–Kier alpha value is -0.380. The molecule has 0 aliphatic heterocycles. The zero-order valence-corrected chi connectivity index (χ0v) is 9.08. The van der Waals surface area contributed by atoms with Gasteiger partial charge in [0.25, 0.3) is 0 Å². The van der Waals surface area contributed by atoms with Gasteiger partial charge in [0.2, 0.25) is 0 Å². The Labute approximate surface area is 83.6 Å². The molecule has 0 atom stereocenters. The summed E-state index contributed by atoms with van der Waals surface area (Å²) in [4.78, 5) is 1.66. The first-order valence-electron chi connectivity index (χ1n) is 4.66. The first-order valence-corrected chi connectivity index (χ1v) is 5.54. The topological polar surface area (TPSA) is 32.3 Å². The summed E-state index contributed by atoms with van der Waals surface area (Å²) < 4.78 is 0. The van der Waals surface area contributed by atoms with Crippen LogP contribution in [0.3, 0.4) is 0 Å². The van der Waals surface area contributed by atoms with Crippen molar-refractivity contribution in [1.82, 2.24) is 5.48 Å². The predicted octanol–water partition coefficient (Wildman–Crippen LogP) is 2.53. The van der Waals surface area contributed by atoms with E-state index < -0.39 is 0 Å². The average molecular weight is 199 g/mol. The lowest BCUT2D eigenvalue weighted by atomic mass is 9.97. The van der Waals surface area contributed by atoms with E-state index in [0.29, 0.717) is 0 Å². The minimum atomic E-state index is 1.34. The highest BCUT2D eigenvalue weighted by molar-refractivity contribution is 7.10. The highest BCUT2D eigenvalue weighted by Gasteiger charge is 2.12. The van der Waals surface area contributed by atoms with Crippen molar-refractivity contribution in [3.63, 3.8) is 0 Å². The number of rotatable bonds is 0. The van der Waals surface area contributed by atoms with Crippen LogP contribution in [0.5, 0.6) is 0 Å². The standard InChI is InChI=1S/C9H12S.CH5NO/c1-7-6-10-9-5-3-2-4-8(7)9;1-2-3/h6H,2-5H2,1H3;2-3H,1H3. The fourth-order valence-electron chi connectivity index (χ4n) is 1.66. The molecule has 74 valence electrons. The van der Waals surface area contributed by atoms with Gasteiger partial charge in [-0.3, -0.25) is 0 Å².